The number of amides is 1. The monoisotopic (exact) mass is 279 g/mol. The molecule has 0 bridgehead atoms. The summed E-state index contributed by atoms with van der Waals surface area (Å²) in [6.07, 6.45) is 0. The number of carbonyl (C=O) groups is 1. The van der Waals surface area contributed by atoms with Gasteiger partial charge in [-0.2, -0.15) is 0 Å². The molecule has 86 valence electrons. The van der Waals surface area contributed by atoms with E-state index in [2.05, 4.69) is 0 Å². The molecule has 1 fully saturated rings. The SMILES string of the molecule is O=C1C(Cl)C(Cl)S(=O)(=O)N1c1ccccc1. The number of sulfonamides is 1. The van der Waals surface area contributed by atoms with Crippen molar-refractivity contribution in [3.63, 3.8) is 0 Å². The van der Waals surface area contributed by atoms with Gasteiger partial charge in [0, 0.05) is 0 Å². The van der Waals surface area contributed by atoms with Crippen LogP contribution >= 0.6 is 23.2 Å². The predicted octanol–water partition coefficient (Wildman–Crippen LogP) is 1.54. The van der Waals surface area contributed by atoms with Crippen LogP contribution in [0, 0.1) is 0 Å². The second-order valence-corrected chi connectivity index (χ2v) is 6.34. The van der Waals surface area contributed by atoms with Gasteiger partial charge in [0.15, 0.2) is 4.71 Å². The van der Waals surface area contributed by atoms with Gasteiger partial charge in [-0.3, -0.25) is 4.79 Å². The summed E-state index contributed by atoms with van der Waals surface area (Å²) in [5, 5.41) is -1.24. The summed E-state index contributed by atoms with van der Waals surface area (Å²) < 4.78 is 22.8. The van der Waals surface area contributed by atoms with E-state index in [1.54, 1.807) is 18.2 Å². The van der Waals surface area contributed by atoms with Crippen LogP contribution in [0.4, 0.5) is 5.69 Å². The van der Waals surface area contributed by atoms with Crippen molar-refractivity contribution in [2.75, 3.05) is 4.31 Å². The smallest absolute Gasteiger partial charge is 0.261 e. The van der Waals surface area contributed by atoms with Crippen LogP contribution in [0.5, 0.6) is 0 Å². The third-order valence-electron chi connectivity index (χ3n) is 2.20. The Hall–Kier alpha value is -0.780. The van der Waals surface area contributed by atoms with Gasteiger partial charge in [0.1, 0.15) is 5.38 Å². The highest BCUT2D eigenvalue weighted by Gasteiger charge is 2.51. The van der Waals surface area contributed by atoms with Crippen LogP contribution in [0.1, 0.15) is 0 Å². The minimum absolute atomic E-state index is 0.251. The number of hydrogen-bond donors (Lipinski definition) is 0. The Labute approximate surface area is 103 Å². The summed E-state index contributed by atoms with van der Waals surface area (Å²) >= 11 is 11.3. The van der Waals surface area contributed by atoms with Crippen molar-refractivity contribution in [2.24, 2.45) is 0 Å². The van der Waals surface area contributed by atoms with Crippen LogP contribution in [-0.4, -0.2) is 24.4 Å². The largest absolute Gasteiger partial charge is 0.272 e. The van der Waals surface area contributed by atoms with Crippen LogP contribution in [0.2, 0.25) is 0 Å². The van der Waals surface area contributed by atoms with Crippen LogP contribution in [0.25, 0.3) is 0 Å². The van der Waals surface area contributed by atoms with Crippen LogP contribution in [-0.2, 0) is 14.8 Å². The molecule has 0 aliphatic carbocycles. The van der Waals surface area contributed by atoms with Crippen molar-refractivity contribution in [1.82, 2.24) is 0 Å². The molecule has 2 unspecified atom stereocenters. The molecule has 1 aliphatic heterocycles. The van der Waals surface area contributed by atoms with Crippen molar-refractivity contribution < 1.29 is 13.2 Å². The quantitative estimate of drug-likeness (QED) is 0.733. The Morgan fingerprint density at radius 2 is 1.69 bits per heavy atom. The summed E-state index contributed by atoms with van der Waals surface area (Å²) in [5.74, 6) is -0.715. The number of benzene rings is 1. The molecule has 2 rings (SSSR count). The summed E-state index contributed by atoms with van der Waals surface area (Å²) in [5.41, 5.74) is 0.251. The molecule has 1 saturated heterocycles. The fourth-order valence-electron chi connectivity index (χ4n) is 1.44. The number of hydrogen-bond acceptors (Lipinski definition) is 3. The molecule has 0 aromatic heterocycles. The molecule has 0 saturated carbocycles. The zero-order valence-corrected chi connectivity index (χ0v) is 10.2. The Kier molecular flexibility index (Phi) is 2.86. The lowest BCUT2D eigenvalue weighted by molar-refractivity contribution is -0.116. The maximum atomic E-state index is 11.8. The lowest BCUT2D eigenvalue weighted by Crippen LogP contribution is -2.31. The fourth-order valence-corrected chi connectivity index (χ4v) is 3.73. The standard InChI is InChI=1S/C9H7Cl2NO3S/c10-7-8(11)16(14,15)12(9(7)13)6-4-2-1-3-5-6/h1-5,7-8H. The number of para-hydroxylation sites is 1. The van der Waals surface area contributed by atoms with E-state index in [1.807, 2.05) is 0 Å². The molecule has 4 nitrogen and oxygen atoms in total. The van der Waals surface area contributed by atoms with Crippen molar-refractivity contribution in [2.45, 2.75) is 10.1 Å². The van der Waals surface area contributed by atoms with Crippen molar-refractivity contribution in [3.8, 4) is 0 Å². The first-order valence-corrected chi connectivity index (χ1v) is 6.75. The van der Waals surface area contributed by atoms with Gasteiger partial charge < -0.3 is 0 Å². The van der Waals surface area contributed by atoms with Gasteiger partial charge >= 0.3 is 0 Å². The van der Waals surface area contributed by atoms with Crippen molar-refractivity contribution >= 4 is 44.8 Å². The molecule has 16 heavy (non-hydrogen) atoms. The van der Waals surface area contributed by atoms with E-state index in [4.69, 9.17) is 23.2 Å². The summed E-state index contributed by atoms with van der Waals surface area (Å²) in [6, 6.07) is 7.99. The van der Waals surface area contributed by atoms with Crippen LogP contribution in [0.15, 0.2) is 30.3 Å². The van der Waals surface area contributed by atoms with Crippen molar-refractivity contribution in [1.29, 1.82) is 0 Å². The highest BCUT2D eigenvalue weighted by Crippen LogP contribution is 2.34. The van der Waals surface area contributed by atoms with E-state index in [0.717, 1.165) is 0 Å². The highest BCUT2D eigenvalue weighted by molar-refractivity contribution is 7.96. The maximum absolute atomic E-state index is 11.8. The number of rotatable bonds is 1. The lowest BCUT2D eigenvalue weighted by atomic mass is 10.3. The second-order valence-electron chi connectivity index (χ2n) is 3.24. The summed E-state index contributed by atoms with van der Waals surface area (Å²) in [7, 11) is -3.90. The van der Waals surface area contributed by atoms with E-state index in [1.165, 1.54) is 12.1 Å². The number of carbonyl (C=O) groups excluding carboxylic acids is 1. The number of halogens is 2. The average Bonchev–Trinajstić information content (AvgIpc) is 2.41. The zero-order valence-electron chi connectivity index (χ0n) is 7.88. The molecule has 1 aromatic carbocycles. The average molecular weight is 280 g/mol. The minimum Gasteiger partial charge on any atom is -0.272 e. The molecule has 2 atom stereocenters. The lowest BCUT2D eigenvalue weighted by Gasteiger charge is -2.14. The molecular formula is C9H7Cl2NO3S. The Morgan fingerprint density at radius 1 is 1.12 bits per heavy atom. The van der Waals surface area contributed by atoms with Gasteiger partial charge in [0.25, 0.3) is 15.9 Å². The Balaban J connectivity index is 2.54. The van der Waals surface area contributed by atoms with Gasteiger partial charge in [-0.15, -0.1) is 23.2 Å². The van der Waals surface area contributed by atoms with E-state index in [0.29, 0.717) is 4.31 Å². The normalized spacial score (nSPS) is 28.4. The molecule has 0 radical (unpaired) electrons. The summed E-state index contributed by atoms with van der Waals surface area (Å²) in [6.45, 7) is 0. The topological polar surface area (TPSA) is 54.5 Å². The van der Waals surface area contributed by atoms with Crippen LogP contribution < -0.4 is 4.31 Å². The van der Waals surface area contributed by atoms with Gasteiger partial charge in [0.2, 0.25) is 0 Å². The first-order chi connectivity index (χ1) is 7.46. The molecular weight excluding hydrogens is 273 g/mol. The van der Waals surface area contributed by atoms with Crippen molar-refractivity contribution in [3.05, 3.63) is 30.3 Å². The number of anilines is 1. The fraction of sp³-hybridized carbons (Fsp3) is 0.222. The molecule has 0 spiro atoms. The van der Waals surface area contributed by atoms with Gasteiger partial charge in [-0.1, -0.05) is 18.2 Å². The third kappa shape index (κ3) is 1.59. The Morgan fingerprint density at radius 3 is 2.12 bits per heavy atom. The summed E-state index contributed by atoms with van der Waals surface area (Å²) in [4.78, 5) is 11.7. The zero-order chi connectivity index (χ0) is 11.9. The van der Waals surface area contributed by atoms with Gasteiger partial charge in [0.05, 0.1) is 5.69 Å². The molecule has 1 amide bonds. The van der Waals surface area contributed by atoms with Gasteiger partial charge in [-0.25, -0.2) is 12.7 Å². The molecule has 0 N–H and O–H groups in total. The molecule has 7 heteroatoms. The third-order valence-corrected chi connectivity index (χ3v) is 5.58. The minimum atomic E-state index is -3.90. The molecule has 1 aliphatic rings. The molecule has 1 aromatic rings. The van der Waals surface area contributed by atoms with E-state index < -0.39 is 26.0 Å². The number of alkyl halides is 2. The molecule has 1 heterocycles. The van der Waals surface area contributed by atoms with E-state index in [-0.39, 0.29) is 5.69 Å². The maximum Gasteiger partial charge on any atom is 0.261 e. The predicted molar refractivity (Wildman–Crippen MR) is 62.1 cm³/mol. The van der Waals surface area contributed by atoms with Gasteiger partial charge in [-0.05, 0) is 12.1 Å². The Bertz CT molecular complexity index is 517. The first kappa shape index (κ1) is 11.7. The highest BCUT2D eigenvalue weighted by atomic mass is 35.5. The van der Waals surface area contributed by atoms with E-state index in [9.17, 15) is 13.2 Å². The number of nitrogens with zero attached hydrogens (tertiary/aromatic N) is 1. The van der Waals surface area contributed by atoms with E-state index >= 15 is 0 Å². The first-order valence-electron chi connectivity index (χ1n) is 4.37. The van der Waals surface area contributed by atoms with Crippen LogP contribution in [0.3, 0.4) is 0 Å². The second kappa shape index (κ2) is 3.91.